The SMILES string of the molecule is CCC(C)CCCCCCCCCCCCCCCCC(=O)O[C@H](COC(=O)CCCCCCCCC(C)CC)COP(=O)(O)OCC(O)COP(=O)(O)OC[C@@H](COC(=O)CCCCCCCCCC(C)C)OC(=O)CCCCCCCCCC(C)C. The molecule has 0 saturated carbocycles. The molecule has 0 aromatic heterocycles. The van der Waals surface area contributed by atoms with Gasteiger partial charge in [0, 0.05) is 25.7 Å². The lowest BCUT2D eigenvalue weighted by Crippen LogP contribution is -2.30. The Hall–Kier alpha value is -1.94. The van der Waals surface area contributed by atoms with Gasteiger partial charge in [-0.1, -0.05) is 287 Å². The molecule has 17 nitrogen and oxygen atoms in total. The summed E-state index contributed by atoms with van der Waals surface area (Å²) in [5.74, 6) is 0.842. The third-order valence-electron chi connectivity index (χ3n) is 16.5. The highest BCUT2D eigenvalue weighted by atomic mass is 31.2. The molecule has 0 spiro atoms. The van der Waals surface area contributed by atoms with Gasteiger partial charge in [-0.2, -0.15) is 0 Å². The van der Waals surface area contributed by atoms with Gasteiger partial charge >= 0.3 is 39.5 Å². The Bertz CT molecular complexity index is 1750. The fraction of sp³-hybridized carbons (Fsp3) is 0.942. The fourth-order valence-electron chi connectivity index (χ4n) is 10.2. The Kier molecular flexibility index (Phi) is 57.6. The van der Waals surface area contributed by atoms with Crippen LogP contribution in [0.3, 0.4) is 0 Å². The predicted molar refractivity (Wildman–Crippen MR) is 354 cm³/mol. The monoisotopic (exact) mass is 1300 g/mol. The average molecular weight is 1300 g/mol. The zero-order valence-electron chi connectivity index (χ0n) is 57.3. The molecule has 88 heavy (non-hydrogen) atoms. The van der Waals surface area contributed by atoms with Crippen LogP contribution in [0.25, 0.3) is 0 Å². The highest BCUT2D eigenvalue weighted by Gasteiger charge is 2.30. The van der Waals surface area contributed by atoms with Crippen molar-refractivity contribution in [2.75, 3.05) is 39.6 Å². The second-order valence-electron chi connectivity index (χ2n) is 26.4. The molecule has 0 rings (SSSR count). The first-order chi connectivity index (χ1) is 42.2. The minimum Gasteiger partial charge on any atom is -0.462 e. The highest BCUT2D eigenvalue weighted by molar-refractivity contribution is 7.47. The second-order valence-corrected chi connectivity index (χ2v) is 29.3. The normalized spacial score (nSPS) is 14.9. The van der Waals surface area contributed by atoms with Crippen LogP contribution in [-0.2, 0) is 65.4 Å². The van der Waals surface area contributed by atoms with E-state index in [0.717, 1.165) is 115 Å². The number of hydrogen-bond acceptors (Lipinski definition) is 15. The van der Waals surface area contributed by atoms with Gasteiger partial charge < -0.3 is 33.8 Å². The summed E-state index contributed by atoms with van der Waals surface area (Å²) >= 11 is 0. The van der Waals surface area contributed by atoms with Crippen molar-refractivity contribution in [1.29, 1.82) is 0 Å². The summed E-state index contributed by atoms with van der Waals surface area (Å²) in [5.41, 5.74) is 0. The molecule has 19 heteroatoms. The van der Waals surface area contributed by atoms with E-state index in [2.05, 4.69) is 55.4 Å². The lowest BCUT2D eigenvalue weighted by atomic mass is 9.99. The van der Waals surface area contributed by atoms with Crippen molar-refractivity contribution in [2.24, 2.45) is 23.7 Å². The fourth-order valence-corrected chi connectivity index (χ4v) is 11.8. The van der Waals surface area contributed by atoms with Crippen molar-refractivity contribution in [3.63, 3.8) is 0 Å². The van der Waals surface area contributed by atoms with Gasteiger partial charge in [0.1, 0.15) is 19.3 Å². The maximum Gasteiger partial charge on any atom is 0.472 e. The summed E-state index contributed by atoms with van der Waals surface area (Å²) in [7, 11) is -9.90. The van der Waals surface area contributed by atoms with Crippen LogP contribution >= 0.6 is 15.6 Å². The molecule has 0 aromatic rings. The van der Waals surface area contributed by atoms with Crippen LogP contribution in [-0.4, -0.2) is 96.7 Å². The molecule has 0 aromatic carbocycles. The summed E-state index contributed by atoms with van der Waals surface area (Å²) in [6.07, 6.45) is 40.5. The number of phosphoric acid groups is 2. The van der Waals surface area contributed by atoms with Crippen molar-refractivity contribution in [3.05, 3.63) is 0 Å². The molecule has 0 aliphatic carbocycles. The quantitative estimate of drug-likeness (QED) is 0.0222. The van der Waals surface area contributed by atoms with E-state index >= 15 is 0 Å². The third kappa shape index (κ3) is 60.3. The number of rotatable bonds is 66. The number of esters is 4. The predicted octanol–water partition coefficient (Wildman–Crippen LogP) is 19.3. The van der Waals surface area contributed by atoms with Crippen molar-refractivity contribution < 1.29 is 80.2 Å². The Morgan fingerprint density at radius 2 is 0.545 bits per heavy atom. The molecule has 5 unspecified atom stereocenters. The summed E-state index contributed by atoms with van der Waals surface area (Å²) in [6, 6.07) is 0. The smallest absolute Gasteiger partial charge is 0.462 e. The Morgan fingerprint density at radius 3 is 0.807 bits per heavy atom. The number of carbonyl (C=O) groups is 4. The molecule has 0 aliphatic rings. The molecule has 0 fully saturated rings. The van der Waals surface area contributed by atoms with Gasteiger partial charge in [-0.25, -0.2) is 9.13 Å². The van der Waals surface area contributed by atoms with Crippen LogP contribution in [0.15, 0.2) is 0 Å². The van der Waals surface area contributed by atoms with Gasteiger partial charge in [-0.05, 0) is 49.4 Å². The van der Waals surface area contributed by atoms with Crippen LogP contribution < -0.4 is 0 Å². The molecular formula is C69H134O17P2. The molecule has 0 bridgehead atoms. The standard InChI is InChI=1S/C69H134O17P2/c1-9-61(7)47-39-31-23-17-15-13-11-12-14-16-18-24-35-43-51-68(73)85-65(56-80-67(72)50-42-34-28-27-32-40-48-62(8)10-2)58-84-88(77,78)82-54-63(70)53-81-87(75,76)83-57-64(86-69(74)52-44-36-26-20-22-30-38-46-60(5)6)55-79-66(71)49-41-33-25-19-21-29-37-45-59(3)4/h59-65,70H,9-58H2,1-8H3,(H,75,76)(H,77,78)/t61?,62?,63?,64-,65-/m1/s1. The van der Waals surface area contributed by atoms with Crippen LogP contribution in [0.2, 0.25) is 0 Å². The number of unbranched alkanes of at least 4 members (excludes halogenated alkanes) is 30. The lowest BCUT2D eigenvalue weighted by Gasteiger charge is -2.21. The van der Waals surface area contributed by atoms with Crippen LogP contribution in [0.1, 0.15) is 338 Å². The van der Waals surface area contributed by atoms with Crippen molar-refractivity contribution in [2.45, 2.75) is 356 Å². The van der Waals surface area contributed by atoms with Crippen molar-refractivity contribution >= 4 is 39.5 Å². The van der Waals surface area contributed by atoms with Crippen molar-refractivity contribution in [1.82, 2.24) is 0 Å². The van der Waals surface area contributed by atoms with E-state index in [1.165, 1.54) is 128 Å². The third-order valence-corrected chi connectivity index (χ3v) is 18.4. The number of aliphatic hydroxyl groups excluding tert-OH is 1. The average Bonchev–Trinajstić information content (AvgIpc) is 3.60. The number of aliphatic hydroxyl groups is 1. The Morgan fingerprint density at radius 1 is 0.318 bits per heavy atom. The highest BCUT2D eigenvalue weighted by Crippen LogP contribution is 2.45. The molecule has 3 N–H and O–H groups in total. The zero-order valence-corrected chi connectivity index (χ0v) is 59.1. The zero-order chi connectivity index (χ0) is 65.4. The van der Waals surface area contributed by atoms with Gasteiger partial charge in [0.2, 0.25) is 0 Å². The molecule has 0 aliphatic heterocycles. The number of ether oxygens (including phenoxy) is 4. The summed E-state index contributed by atoms with van der Waals surface area (Å²) < 4.78 is 68.2. The van der Waals surface area contributed by atoms with Gasteiger partial charge in [0.25, 0.3) is 0 Å². The maximum atomic E-state index is 13.0. The van der Waals surface area contributed by atoms with Gasteiger partial charge in [-0.3, -0.25) is 37.3 Å². The van der Waals surface area contributed by atoms with E-state index in [1.807, 2.05) is 0 Å². The topological polar surface area (TPSA) is 237 Å². The second kappa shape index (κ2) is 58.8. The lowest BCUT2D eigenvalue weighted by molar-refractivity contribution is -0.161. The first-order valence-corrected chi connectivity index (χ1v) is 38.8. The molecule has 7 atom stereocenters. The van der Waals surface area contributed by atoms with E-state index < -0.39 is 97.5 Å². The van der Waals surface area contributed by atoms with Crippen LogP contribution in [0.5, 0.6) is 0 Å². The van der Waals surface area contributed by atoms with Gasteiger partial charge in [0.15, 0.2) is 12.2 Å². The van der Waals surface area contributed by atoms with E-state index in [9.17, 15) is 43.2 Å². The molecule has 522 valence electrons. The summed E-state index contributed by atoms with van der Waals surface area (Å²) in [5, 5.41) is 10.6. The minimum atomic E-state index is -4.95. The Balaban J connectivity index is 5.21. The molecular weight excluding hydrogens is 1160 g/mol. The summed E-state index contributed by atoms with van der Waals surface area (Å²) in [4.78, 5) is 72.4. The molecule has 0 radical (unpaired) electrons. The summed E-state index contributed by atoms with van der Waals surface area (Å²) in [6.45, 7) is 14.0. The maximum absolute atomic E-state index is 13.0. The van der Waals surface area contributed by atoms with Crippen LogP contribution in [0.4, 0.5) is 0 Å². The molecule has 0 saturated heterocycles. The molecule has 0 heterocycles. The van der Waals surface area contributed by atoms with Crippen LogP contribution in [0, 0.1) is 23.7 Å². The van der Waals surface area contributed by atoms with Gasteiger partial charge in [0.05, 0.1) is 26.4 Å². The number of phosphoric ester groups is 2. The molecule has 0 amide bonds. The van der Waals surface area contributed by atoms with E-state index in [-0.39, 0.29) is 25.7 Å². The Labute approximate surface area is 537 Å². The number of hydrogen-bond donors (Lipinski definition) is 3. The minimum absolute atomic E-state index is 0.102. The van der Waals surface area contributed by atoms with E-state index in [1.54, 1.807) is 0 Å². The van der Waals surface area contributed by atoms with E-state index in [4.69, 9.17) is 37.0 Å². The largest absolute Gasteiger partial charge is 0.472 e. The number of carbonyl (C=O) groups excluding carboxylic acids is 4. The van der Waals surface area contributed by atoms with E-state index in [0.29, 0.717) is 37.5 Å². The first-order valence-electron chi connectivity index (χ1n) is 35.8. The first kappa shape index (κ1) is 86.1. The van der Waals surface area contributed by atoms with Crippen molar-refractivity contribution in [3.8, 4) is 0 Å². The van der Waals surface area contributed by atoms with Gasteiger partial charge in [-0.15, -0.1) is 0 Å².